The molecule has 6 heteroatoms. The molecule has 1 aromatic rings. The smallest absolute Gasteiger partial charge is 0.232 e. The number of carbonyl (C=O) groups excluding carboxylic acids is 3. The van der Waals surface area contributed by atoms with Crippen LogP contribution in [0.5, 0.6) is 0 Å². The molecule has 0 spiro atoms. The van der Waals surface area contributed by atoms with Crippen LogP contribution >= 0.6 is 0 Å². The monoisotopic (exact) mass is 357 g/mol. The lowest BCUT2D eigenvalue weighted by Gasteiger charge is -2.40. The molecule has 0 aromatic heterocycles. The van der Waals surface area contributed by atoms with E-state index in [4.69, 9.17) is 0 Å². The van der Waals surface area contributed by atoms with E-state index in [2.05, 4.69) is 5.32 Å². The highest BCUT2D eigenvalue weighted by molar-refractivity contribution is 5.88. The third-order valence-electron chi connectivity index (χ3n) is 5.52. The molecule has 2 aliphatic heterocycles. The first-order chi connectivity index (χ1) is 12.4. The zero-order chi connectivity index (χ0) is 18.7. The first-order valence-corrected chi connectivity index (χ1v) is 9.30. The second-order valence-corrected chi connectivity index (χ2v) is 7.65. The van der Waals surface area contributed by atoms with Crippen LogP contribution in [0.1, 0.15) is 32.3 Å². The van der Waals surface area contributed by atoms with Gasteiger partial charge in [-0.3, -0.25) is 14.4 Å². The molecule has 3 rings (SSSR count). The van der Waals surface area contributed by atoms with Crippen LogP contribution in [-0.4, -0.2) is 60.2 Å². The van der Waals surface area contributed by atoms with Crippen LogP contribution in [0, 0.1) is 5.92 Å². The van der Waals surface area contributed by atoms with Crippen molar-refractivity contribution in [1.82, 2.24) is 15.1 Å². The van der Waals surface area contributed by atoms with E-state index in [9.17, 15) is 14.4 Å². The molecule has 140 valence electrons. The lowest BCUT2D eigenvalue weighted by Crippen LogP contribution is -2.56. The number of rotatable bonds is 3. The number of nitrogens with zero attached hydrogens (tertiary/aromatic N) is 2. The van der Waals surface area contributed by atoms with E-state index in [1.54, 1.807) is 0 Å². The van der Waals surface area contributed by atoms with Crippen LogP contribution in [-0.2, 0) is 19.8 Å². The van der Waals surface area contributed by atoms with Gasteiger partial charge in [0.15, 0.2) is 0 Å². The molecule has 2 heterocycles. The summed E-state index contributed by atoms with van der Waals surface area (Å²) in [5.41, 5.74) is 0.419. The minimum absolute atomic E-state index is 0.0209. The predicted molar refractivity (Wildman–Crippen MR) is 98.4 cm³/mol. The van der Waals surface area contributed by atoms with E-state index >= 15 is 0 Å². The summed E-state index contributed by atoms with van der Waals surface area (Å²) in [6.45, 7) is 6.55. The summed E-state index contributed by atoms with van der Waals surface area (Å²) in [5, 5.41) is 2.77. The zero-order valence-corrected chi connectivity index (χ0v) is 15.5. The first-order valence-electron chi connectivity index (χ1n) is 9.30. The number of hydrogen-bond acceptors (Lipinski definition) is 3. The summed E-state index contributed by atoms with van der Waals surface area (Å²) < 4.78 is 0. The maximum Gasteiger partial charge on any atom is 0.232 e. The minimum atomic E-state index is -0.582. The SMILES string of the molecule is CC(C)(C(=O)N1CCN(C(=O)[C@@H]2CCC(=O)NC2)CC1)c1ccccc1. The Bertz CT molecular complexity index is 669. The van der Waals surface area contributed by atoms with Gasteiger partial charge in [0.25, 0.3) is 0 Å². The second-order valence-electron chi connectivity index (χ2n) is 7.65. The van der Waals surface area contributed by atoms with Gasteiger partial charge in [-0.2, -0.15) is 0 Å². The quantitative estimate of drug-likeness (QED) is 0.883. The van der Waals surface area contributed by atoms with Crippen molar-refractivity contribution < 1.29 is 14.4 Å². The van der Waals surface area contributed by atoms with Gasteiger partial charge in [-0.1, -0.05) is 30.3 Å². The highest BCUT2D eigenvalue weighted by Gasteiger charge is 2.36. The van der Waals surface area contributed by atoms with Crippen molar-refractivity contribution in [2.75, 3.05) is 32.7 Å². The third kappa shape index (κ3) is 3.74. The summed E-state index contributed by atoms with van der Waals surface area (Å²) in [6.07, 6.45) is 1.03. The molecular formula is C20H27N3O3. The summed E-state index contributed by atoms with van der Waals surface area (Å²) >= 11 is 0. The van der Waals surface area contributed by atoms with Crippen molar-refractivity contribution in [1.29, 1.82) is 0 Å². The van der Waals surface area contributed by atoms with Crippen molar-refractivity contribution in [3.8, 4) is 0 Å². The average Bonchev–Trinajstić information content (AvgIpc) is 2.68. The maximum absolute atomic E-state index is 13.0. The molecule has 1 atom stereocenters. The average molecular weight is 357 g/mol. The molecule has 2 saturated heterocycles. The maximum atomic E-state index is 13.0. The number of hydrogen-bond donors (Lipinski definition) is 1. The Morgan fingerprint density at radius 1 is 1.04 bits per heavy atom. The molecule has 0 unspecified atom stereocenters. The second kappa shape index (κ2) is 7.48. The summed E-state index contributed by atoms with van der Waals surface area (Å²) in [7, 11) is 0. The Morgan fingerprint density at radius 2 is 1.65 bits per heavy atom. The van der Waals surface area contributed by atoms with Crippen molar-refractivity contribution >= 4 is 17.7 Å². The standard InChI is InChI=1S/C20H27N3O3/c1-20(2,16-6-4-3-5-7-16)19(26)23-12-10-22(11-13-23)18(25)15-8-9-17(24)21-14-15/h3-7,15H,8-14H2,1-2H3,(H,21,24)/t15-/m1/s1. The van der Waals surface area contributed by atoms with E-state index < -0.39 is 5.41 Å². The molecule has 2 aliphatic rings. The summed E-state index contributed by atoms with van der Waals surface area (Å²) in [4.78, 5) is 40.6. The largest absolute Gasteiger partial charge is 0.355 e. The number of nitrogens with one attached hydrogen (secondary N) is 1. The van der Waals surface area contributed by atoms with E-state index in [0.717, 1.165) is 5.56 Å². The Morgan fingerprint density at radius 3 is 2.23 bits per heavy atom. The van der Waals surface area contributed by atoms with Gasteiger partial charge in [-0.15, -0.1) is 0 Å². The van der Waals surface area contributed by atoms with Gasteiger partial charge < -0.3 is 15.1 Å². The highest BCUT2D eigenvalue weighted by Crippen LogP contribution is 2.26. The van der Waals surface area contributed by atoms with Crippen LogP contribution in [0.25, 0.3) is 0 Å². The van der Waals surface area contributed by atoms with Crippen molar-refractivity contribution in [2.45, 2.75) is 32.1 Å². The molecule has 2 fully saturated rings. The Kier molecular flexibility index (Phi) is 5.30. The molecule has 3 amide bonds. The number of piperidine rings is 1. The molecule has 0 aliphatic carbocycles. The van der Waals surface area contributed by atoms with Gasteiger partial charge in [-0.25, -0.2) is 0 Å². The normalized spacial score (nSPS) is 21.3. The van der Waals surface area contributed by atoms with Crippen molar-refractivity contribution in [3.63, 3.8) is 0 Å². The minimum Gasteiger partial charge on any atom is -0.355 e. The first kappa shape index (κ1) is 18.4. The summed E-state index contributed by atoms with van der Waals surface area (Å²) in [6, 6.07) is 9.81. The van der Waals surface area contributed by atoms with E-state index in [-0.39, 0.29) is 23.6 Å². The number of carbonyl (C=O) groups is 3. The molecule has 6 nitrogen and oxygen atoms in total. The fourth-order valence-electron chi connectivity index (χ4n) is 3.71. The number of amides is 3. The Balaban J connectivity index is 1.57. The van der Waals surface area contributed by atoms with Gasteiger partial charge in [0.1, 0.15) is 0 Å². The van der Waals surface area contributed by atoms with Gasteiger partial charge >= 0.3 is 0 Å². The molecule has 0 radical (unpaired) electrons. The van der Waals surface area contributed by atoms with Gasteiger partial charge in [-0.05, 0) is 25.8 Å². The highest BCUT2D eigenvalue weighted by atomic mass is 16.2. The topological polar surface area (TPSA) is 69.7 Å². The van der Waals surface area contributed by atoms with Crippen LogP contribution < -0.4 is 5.32 Å². The van der Waals surface area contributed by atoms with Gasteiger partial charge in [0.05, 0.1) is 11.3 Å². The van der Waals surface area contributed by atoms with E-state index in [1.807, 2.05) is 54.0 Å². The van der Waals surface area contributed by atoms with Crippen molar-refractivity contribution in [3.05, 3.63) is 35.9 Å². The van der Waals surface area contributed by atoms with E-state index in [0.29, 0.717) is 45.6 Å². The van der Waals surface area contributed by atoms with Crippen LogP contribution in [0.3, 0.4) is 0 Å². The number of piperazine rings is 1. The Labute approximate surface area is 154 Å². The molecule has 0 bridgehead atoms. The van der Waals surface area contributed by atoms with Crippen LogP contribution in [0.15, 0.2) is 30.3 Å². The van der Waals surface area contributed by atoms with Crippen molar-refractivity contribution in [2.24, 2.45) is 5.92 Å². The predicted octanol–water partition coefficient (Wildman–Crippen LogP) is 1.16. The third-order valence-corrected chi connectivity index (χ3v) is 5.52. The molecule has 0 saturated carbocycles. The molecule has 26 heavy (non-hydrogen) atoms. The Hall–Kier alpha value is -2.37. The number of benzene rings is 1. The van der Waals surface area contributed by atoms with Crippen LogP contribution in [0.2, 0.25) is 0 Å². The summed E-state index contributed by atoms with van der Waals surface area (Å²) in [5.74, 6) is 0.0865. The van der Waals surface area contributed by atoms with Gasteiger partial charge in [0.2, 0.25) is 17.7 Å². The fourth-order valence-corrected chi connectivity index (χ4v) is 3.71. The molecular weight excluding hydrogens is 330 g/mol. The molecule has 1 aromatic carbocycles. The molecule has 1 N–H and O–H groups in total. The van der Waals surface area contributed by atoms with Crippen LogP contribution in [0.4, 0.5) is 0 Å². The fraction of sp³-hybridized carbons (Fsp3) is 0.550. The lowest BCUT2D eigenvalue weighted by molar-refractivity contribution is -0.145. The van der Waals surface area contributed by atoms with Gasteiger partial charge in [0, 0.05) is 39.1 Å². The van der Waals surface area contributed by atoms with E-state index in [1.165, 1.54) is 0 Å². The lowest BCUT2D eigenvalue weighted by atomic mass is 9.83. The zero-order valence-electron chi connectivity index (χ0n) is 15.5.